The van der Waals surface area contributed by atoms with Gasteiger partial charge in [0.15, 0.2) is 0 Å². The number of rotatable bonds is 2. The Labute approximate surface area is 97.4 Å². The Balaban J connectivity index is 2.35. The fraction of sp³-hybridized carbons (Fsp3) is 0.364. The van der Waals surface area contributed by atoms with Gasteiger partial charge in [-0.05, 0) is 18.1 Å². The maximum atomic E-state index is 11.3. The quantitative estimate of drug-likeness (QED) is 0.823. The second-order valence-electron chi connectivity index (χ2n) is 3.68. The first-order valence-corrected chi connectivity index (χ1v) is 6.08. The van der Waals surface area contributed by atoms with Gasteiger partial charge in [0.2, 0.25) is 0 Å². The molecular weight excluding hydrogens is 256 g/mol. The SMILES string of the molecule is NC(=O)N1CC(CCBr)c2ccccc21. The first-order chi connectivity index (χ1) is 7.24. The van der Waals surface area contributed by atoms with Crippen molar-refractivity contribution >= 4 is 27.6 Å². The van der Waals surface area contributed by atoms with Crippen molar-refractivity contribution in [2.75, 3.05) is 16.8 Å². The van der Waals surface area contributed by atoms with Crippen LogP contribution in [-0.2, 0) is 0 Å². The van der Waals surface area contributed by atoms with E-state index in [1.807, 2.05) is 18.2 Å². The van der Waals surface area contributed by atoms with Crippen LogP contribution in [0.1, 0.15) is 17.9 Å². The lowest BCUT2D eigenvalue weighted by Crippen LogP contribution is -2.34. The number of alkyl halides is 1. The summed E-state index contributed by atoms with van der Waals surface area (Å²) < 4.78 is 0. The third kappa shape index (κ3) is 1.86. The van der Waals surface area contributed by atoms with Crippen LogP contribution in [0.4, 0.5) is 10.5 Å². The lowest BCUT2D eigenvalue weighted by atomic mass is 9.99. The number of benzene rings is 1. The van der Waals surface area contributed by atoms with Crippen LogP contribution >= 0.6 is 15.9 Å². The predicted octanol–water partition coefficient (Wildman–Crippen LogP) is 2.45. The van der Waals surface area contributed by atoms with Gasteiger partial charge in [-0.15, -0.1) is 0 Å². The lowest BCUT2D eigenvalue weighted by Gasteiger charge is -2.14. The van der Waals surface area contributed by atoms with E-state index in [9.17, 15) is 4.79 Å². The van der Waals surface area contributed by atoms with E-state index in [2.05, 4.69) is 22.0 Å². The van der Waals surface area contributed by atoms with Crippen LogP contribution < -0.4 is 10.6 Å². The number of primary amides is 1. The van der Waals surface area contributed by atoms with E-state index in [0.29, 0.717) is 12.5 Å². The number of nitrogens with zero attached hydrogens (tertiary/aromatic N) is 1. The molecule has 3 nitrogen and oxygen atoms in total. The highest BCUT2D eigenvalue weighted by molar-refractivity contribution is 9.09. The molecule has 1 atom stereocenters. The molecule has 0 bridgehead atoms. The number of urea groups is 1. The second-order valence-corrected chi connectivity index (χ2v) is 4.48. The third-order valence-electron chi connectivity index (χ3n) is 2.79. The van der Waals surface area contributed by atoms with Gasteiger partial charge in [-0.3, -0.25) is 4.90 Å². The molecule has 0 radical (unpaired) electrons. The largest absolute Gasteiger partial charge is 0.351 e. The molecular formula is C11H13BrN2O. The van der Waals surface area contributed by atoms with Gasteiger partial charge >= 0.3 is 6.03 Å². The van der Waals surface area contributed by atoms with Gasteiger partial charge in [0, 0.05) is 23.5 Å². The summed E-state index contributed by atoms with van der Waals surface area (Å²) in [7, 11) is 0. The number of para-hydroxylation sites is 1. The van der Waals surface area contributed by atoms with Gasteiger partial charge in [0.05, 0.1) is 0 Å². The summed E-state index contributed by atoms with van der Waals surface area (Å²) in [5.41, 5.74) is 7.55. The van der Waals surface area contributed by atoms with Crippen molar-refractivity contribution in [1.82, 2.24) is 0 Å². The standard InChI is InChI=1S/C11H13BrN2O/c12-6-5-8-7-14(11(13)15)10-4-2-1-3-9(8)10/h1-4,8H,5-7H2,(H2,13,15). The van der Waals surface area contributed by atoms with E-state index < -0.39 is 0 Å². The van der Waals surface area contributed by atoms with Gasteiger partial charge in [-0.2, -0.15) is 0 Å². The van der Waals surface area contributed by atoms with Gasteiger partial charge in [0.1, 0.15) is 0 Å². The molecule has 0 fully saturated rings. The molecule has 15 heavy (non-hydrogen) atoms. The third-order valence-corrected chi connectivity index (χ3v) is 3.25. The molecule has 1 aliphatic rings. The zero-order chi connectivity index (χ0) is 10.8. The van der Waals surface area contributed by atoms with Crippen LogP contribution in [-0.4, -0.2) is 17.9 Å². The average Bonchev–Trinajstić information content (AvgIpc) is 2.59. The zero-order valence-electron chi connectivity index (χ0n) is 8.32. The molecule has 0 saturated heterocycles. The van der Waals surface area contributed by atoms with E-state index >= 15 is 0 Å². The molecule has 0 aliphatic carbocycles. The number of hydrogen-bond donors (Lipinski definition) is 1. The molecule has 1 heterocycles. The molecule has 80 valence electrons. The van der Waals surface area contributed by atoms with E-state index in [-0.39, 0.29) is 6.03 Å². The number of fused-ring (bicyclic) bond motifs is 1. The van der Waals surface area contributed by atoms with E-state index in [4.69, 9.17) is 5.73 Å². The van der Waals surface area contributed by atoms with Crippen LogP contribution in [0.25, 0.3) is 0 Å². The summed E-state index contributed by atoms with van der Waals surface area (Å²) in [6, 6.07) is 7.61. The molecule has 1 aromatic rings. The zero-order valence-corrected chi connectivity index (χ0v) is 9.90. The molecule has 1 unspecified atom stereocenters. The van der Waals surface area contributed by atoms with Gasteiger partial charge in [0.25, 0.3) is 0 Å². The van der Waals surface area contributed by atoms with Crippen molar-refractivity contribution in [3.8, 4) is 0 Å². The Morgan fingerprint density at radius 3 is 2.93 bits per heavy atom. The summed E-state index contributed by atoms with van der Waals surface area (Å²) in [5.74, 6) is 0.410. The number of hydrogen-bond acceptors (Lipinski definition) is 1. The van der Waals surface area contributed by atoms with Crippen molar-refractivity contribution < 1.29 is 4.79 Å². The Hall–Kier alpha value is -1.03. The molecule has 2 amide bonds. The van der Waals surface area contributed by atoms with Crippen molar-refractivity contribution in [3.63, 3.8) is 0 Å². The van der Waals surface area contributed by atoms with Crippen molar-refractivity contribution in [2.24, 2.45) is 5.73 Å². The maximum Gasteiger partial charge on any atom is 0.319 e. The highest BCUT2D eigenvalue weighted by atomic mass is 79.9. The normalized spacial score (nSPS) is 19.0. The van der Waals surface area contributed by atoms with Gasteiger partial charge in [-0.1, -0.05) is 34.1 Å². The molecule has 1 aliphatic heterocycles. The van der Waals surface area contributed by atoms with Crippen LogP contribution in [0, 0.1) is 0 Å². The van der Waals surface area contributed by atoms with E-state index in [0.717, 1.165) is 17.4 Å². The fourth-order valence-electron chi connectivity index (χ4n) is 2.08. The smallest absolute Gasteiger partial charge is 0.319 e. The summed E-state index contributed by atoms with van der Waals surface area (Å²) in [6.45, 7) is 0.709. The number of halogens is 1. The number of carbonyl (C=O) groups excluding carboxylic acids is 1. The van der Waals surface area contributed by atoms with E-state index in [1.54, 1.807) is 4.90 Å². The first kappa shape index (κ1) is 10.5. The number of amides is 2. The van der Waals surface area contributed by atoms with Crippen molar-refractivity contribution in [2.45, 2.75) is 12.3 Å². The summed E-state index contributed by atoms with van der Waals surface area (Å²) in [5, 5.41) is 0.943. The maximum absolute atomic E-state index is 11.3. The lowest BCUT2D eigenvalue weighted by molar-refractivity contribution is 0.254. The average molecular weight is 269 g/mol. The Kier molecular flexibility index (Phi) is 2.95. The predicted molar refractivity (Wildman–Crippen MR) is 64.5 cm³/mol. The number of carbonyl (C=O) groups is 1. The highest BCUT2D eigenvalue weighted by Gasteiger charge is 2.30. The van der Waals surface area contributed by atoms with Gasteiger partial charge in [-0.25, -0.2) is 4.79 Å². The number of anilines is 1. The van der Waals surface area contributed by atoms with Crippen LogP contribution in [0.5, 0.6) is 0 Å². The summed E-state index contributed by atoms with van der Waals surface area (Å²) in [4.78, 5) is 12.9. The minimum absolute atomic E-state index is 0.362. The van der Waals surface area contributed by atoms with Crippen LogP contribution in [0.15, 0.2) is 24.3 Å². The highest BCUT2D eigenvalue weighted by Crippen LogP contribution is 2.37. The molecule has 1 aromatic carbocycles. The second kappa shape index (κ2) is 4.23. The Morgan fingerprint density at radius 1 is 1.53 bits per heavy atom. The molecule has 4 heteroatoms. The monoisotopic (exact) mass is 268 g/mol. The van der Waals surface area contributed by atoms with Crippen molar-refractivity contribution in [1.29, 1.82) is 0 Å². The summed E-state index contributed by atoms with van der Waals surface area (Å²) in [6.07, 6.45) is 1.03. The minimum atomic E-state index is -0.362. The molecule has 0 spiro atoms. The Bertz CT molecular complexity index is 381. The topological polar surface area (TPSA) is 46.3 Å². The minimum Gasteiger partial charge on any atom is -0.351 e. The van der Waals surface area contributed by atoms with Crippen LogP contribution in [0.3, 0.4) is 0 Å². The molecule has 0 saturated carbocycles. The molecule has 0 aromatic heterocycles. The number of nitrogens with two attached hydrogens (primary N) is 1. The fourth-order valence-corrected chi connectivity index (χ4v) is 2.64. The van der Waals surface area contributed by atoms with Gasteiger partial charge < -0.3 is 5.73 Å². The summed E-state index contributed by atoms with van der Waals surface area (Å²) >= 11 is 3.43. The molecule has 2 N–H and O–H groups in total. The van der Waals surface area contributed by atoms with E-state index in [1.165, 1.54) is 5.56 Å². The van der Waals surface area contributed by atoms with Crippen molar-refractivity contribution in [3.05, 3.63) is 29.8 Å². The first-order valence-electron chi connectivity index (χ1n) is 4.96. The van der Waals surface area contributed by atoms with Crippen LogP contribution in [0.2, 0.25) is 0 Å². The Morgan fingerprint density at radius 2 is 2.27 bits per heavy atom. The molecule has 2 rings (SSSR count).